The van der Waals surface area contributed by atoms with Gasteiger partial charge in [0.25, 0.3) is 0 Å². The van der Waals surface area contributed by atoms with Crippen molar-refractivity contribution in [2.75, 3.05) is 13.6 Å². The van der Waals surface area contributed by atoms with Crippen LogP contribution in [0.4, 0.5) is 0 Å². The summed E-state index contributed by atoms with van der Waals surface area (Å²) in [6.45, 7) is 2.54. The van der Waals surface area contributed by atoms with Crippen LogP contribution in [0, 0.1) is 19.3 Å². The predicted molar refractivity (Wildman–Crippen MR) is 66.2 cm³/mol. The lowest BCUT2D eigenvalue weighted by molar-refractivity contribution is -0.111. The van der Waals surface area contributed by atoms with E-state index in [2.05, 4.69) is 30.2 Å². The molecule has 0 saturated carbocycles. The van der Waals surface area contributed by atoms with Crippen LogP contribution in [0.1, 0.15) is 11.1 Å². The standard InChI is InChI=1S/C14H17NO/c1-4-9-15(3)14(11-16)10-13-7-5-12(2)6-8-13/h1,5-8,11,14H,9-10H2,2-3H3. The van der Waals surface area contributed by atoms with Crippen LogP contribution in [0.15, 0.2) is 24.3 Å². The second kappa shape index (κ2) is 6.09. The van der Waals surface area contributed by atoms with Crippen molar-refractivity contribution in [3.63, 3.8) is 0 Å². The second-order valence-corrected chi connectivity index (χ2v) is 4.01. The van der Waals surface area contributed by atoms with Crippen LogP contribution in [0.3, 0.4) is 0 Å². The van der Waals surface area contributed by atoms with E-state index < -0.39 is 0 Å². The van der Waals surface area contributed by atoms with Crippen molar-refractivity contribution in [1.82, 2.24) is 4.90 Å². The third-order valence-corrected chi connectivity index (χ3v) is 2.63. The summed E-state index contributed by atoms with van der Waals surface area (Å²) in [4.78, 5) is 12.9. The van der Waals surface area contributed by atoms with E-state index in [4.69, 9.17) is 6.42 Å². The average molecular weight is 215 g/mol. The van der Waals surface area contributed by atoms with E-state index in [-0.39, 0.29) is 6.04 Å². The lowest BCUT2D eigenvalue weighted by Gasteiger charge is -2.21. The molecule has 1 unspecified atom stereocenters. The first kappa shape index (κ1) is 12.5. The summed E-state index contributed by atoms with van der Waals surface area (Å²) in [5, 5.41) is 0. The third kappa shape index (κ3) is 3.52. The molecule has 0 aliphatic heterocycles. The maximum Gasteiger partial charge on any atom is 0.137 e. The minimum absolute atomic E-state index is 0.140. The van der Waals surface area contributed by atoms with Crippen LogP contribution in [0.5, 0.6) is 0 Å². The zero-order valence-electron chi connectivity index (χ0n) is 9.81. The quantitative estimate of drug-likeness (QED) is 0.550. The highest BCUT2D eigenvalue weighted by molar-refractivity contribution is 5.58. The fraction of sp³-hybridized carbons (Fsp3) is 0.357. The Morgan fingerprint density at radius 3 is 2.56 bits per heavy atom. The number of benzene rings is 1. The van der Waals surface area contributed by atoms with Crippen LogP contribution in [0.25, 0.3) is 0 Å². The molecule has 0 aliphatic rings. The van der Waals surface area contributed by atoms with Gasteiger partial charge in [0.2, 0.25) is 0 Å². The van der Waals surface area contributed by atoms with Crippen LogP contribution in [-0.2, 0) is 11.2 Å². The Hall–Kier alpha value is -1.59. The van der Waals surface area contributed by atoms with Crippen molar-refractivity contribution < 1.29 is 4.79 Å². The van der Waals surface area contributed by atoms with Gasteiger partial charge in [0.05, 0.1) is 12.6 Å². The molecule has 1 aromatic carbocycles. The summed E-state index contributed by atoms with van der Waals surface area (Å²) in [5.74, 6) is 2.54. The molecule has 2 heteroatoms. The van der Waals surface area contributed by atoms with Gasteiger partial charge in [-0.3, -0.25) is 4.90 Å². The lowest BCUT2D eigenvalue weighted by atomic mass is 10.0. The normalized spacial score (nSPS) is 12.1. The number of carbonyl (C=O) groups excluding carboxylic acids is 1. The van der Waals surface area contributed by atoms with Crippen molar-refractivity contribution in [2.45, 2.75) is 19.4 Å². The Labute approximate surface area is 97.3 Å². The van der Waals surface area contributed by atoms with Crippen molar-refractivity contribution in [3.05, 3.63) is 35.4 Å². The van der Waals surface area contributed by atoms with Crippen molar-refractivity contribution >= 4 is 6.29 Å². The highest BCUT2D eigenvalue weighted by atomic mass is 16.1. The van der Waals surface area contributed by atoms with Gasteiger partial charge in [0.1, 0.15) is 6.29 Å². The highest BCUT2D eigenvalue weighted by Gasteiger charge is 2.13. The zero-order chi connectivity index (χ0) is 12.0. The molecule has 0 amide bonds. The molecule has 0 fully saturated rings. The van der Waals surface area contributed by atoms with Crippen molar-refractivity contribution in [2.24, 2.45) is 0 Å². The van der Waals surface area contributed by atoms with Gasteiger partial charge >= 0.3 is 0 Å². The average Bonchev–Trinajstić information content (AvgIpc) is 2.28. The maximum absolute atomic E-state index is 11.0. The fourth-order valence-electron chi connectivity index (χ4n) is 1.53. The number of likely N-dealkylation sites (N-methyl/N-ethyl adjacent to an activating group) is 1. The van der Waals surface area contributed by atoms with E-state index in [0.717, 1.165) is 11.8 Å². The van der Waals surface area contributed by atoms with Gasteiger partial charge in [-0.2, -0.15) is 0 Å². The summed E-state index contributed by atoms with van der Waals surface area (Å²) in [6.07, 6.45) is 6.89. The number of nitrogens with zero attached hydrogens (tertiary/aromatic N) is 1. The van der Waals surface area contributed by atoms with Crippen LogP contribution >= 0.6 is 0 Å². The molecule has 16 heavy (non-hydrogen) atoms. The van der Waals surface area contributed by atoms with Crippen molar-refractivity contribution in [1.29, 1.82) is 0 Å². The van der Waals surface area contributed by atoms with Gasteiger partial charge in [-0.05, 0) is 26.0 Å². The largest absolute Gasteiger partial charge is 0.302 e. The molecular weight excluding hydrogens is 198 g/mol. The first-order valence-electron chi connectivity index (χ1n) is 5.32. The van der Waals surface area contributed by atoms with Gasteiger partial charge in [0.15, 0.2) is 0 Å². The van der Waals surface area contributed by atoms with Gasteiger partial charge in [-0.15, -0.1) is 6.42 Å². The Morgan fingerprint density at radius 1 is 1.44 bits per heavy atom. The van der Waals surface area contributed by atoms with Gasteiger partial charge in [0, 0.05) is 0 Å². The first-order valence-corrected chi connectivity index (χ1v) is 5.32. The summed E-state index contributed by atoms with van der Waals surface area (Å²) in [5.41, 5.74) is 2.38. The smallest absolute Gasteiger partial charge is 0.137 e. The molecule has 1 atom stereocenters. The molecule has 0 bridgehead atoms. The zero-order valence-corrected chi connectivity index (χ0v) is 9.81. The summed E-state index contributed by atoms with van der Waals surface area (Å²) in [7, 11) is 1.87. The number of aldehydes is 1. The summed E-state index contributed by atoms with van der Waals surface area (Å²) < 4.78 is 0. The molecule has 2 nitrogen and oxygen atoms in total. The topological polar surface area (TPSA) is 20.3 Å². The van der Waals surface area contributed by atoms with Crippen LogP contribution < -0.4 is 0 Å². The van der Waals surface area contributed by atoms with E-state index in [1.165, 1.54) is 5.56 Å². The van der Waals surface area contributed by atoms with E-state index in [1.54, 1.807) is 0 Å². The number of hydrogen-bond donors (Lipinski definition) is 0. The summed E-state index contributed by atoms with van der Waals surface area (Å²) >= 11 is 0. The molecule has 0 heterocycles. The molecule has 0 spiro atoms. The molecule has 0 aromatic heterocycles. The van der Waals surface area contributed by atoms with Gasteiger partial charge < -0.3 is 4.79 Å². The Balaban J connectivity index is 2.67. The molecule has 0 saturated heterocycles. The van der Waals surface area contributed by atoms with E-state index in [1.807, 2.05) is 18.9 Å². The first-order chi connectivity index (χ1) is 7.67. The third-order valence-electron chi connectivity index (χ3n) is 2.63. The number of hydrogen-bond acceptors (Lipinski definition) is 2. The fourth-order valence-corrected chi connectivity index (χ4v) is 1.53. The molecule has 84 valence electrons. The maximum atomic E-state index is 11.0. The Kier molecular flexibility index (Phi) is 4.75. The Morgan fingerprint density at radius 2 is 2.06 bits per heavy atom. The van der Waals surface area contributed by atoms with Crippen LogP contribution in [0.2, 0.25) is 0 Å². The lowest BCUT2D eigenvalue weighted by Crippen LogP contribution is -2.35. The minimum atomic E-state index is -0.140. The van der Waals surface area contributed by atoms with Crippen molar-refractivity contribution in [3.8, 4) is 12.3 Å². The van der Waals surface area contributed by atoms with Gasteiger partial charge in [-0.1, -0.05) is 35.7 Å². The number of carbonyl (C=O) groups is 1. The monoisotopic (exact) mass is 215 g/mol. The molecule has 0 aliphatic carbocycles. The minimum Gasteiger partial charge on any atom is -0.302 e. The van der Waals surface area contributed by atoms with E-state index in [0.29, 0.717) is 13.0 Å². The molecule has 0 N–H and O–H groups in total. The number of terminal acetylenes is 1. The summed E-state index contributed by atoms with van der Waals surface area (Å²) in [6, 6.07) is 8.07. The number of rotatable bonds is 5. The van der Waals surface area contributed by atoms with Gasteiger partial charge in [-0.25, -0.2) is 0 Å². The van der Waals surface area contributed by atoms with E-state index in [9.17, 15) is 4.79 Å². The SMILES string of the molecule is C#CCN(C)C(C=O)Cc1ccc(C)cc1. The highest BCUT2D eigenvalue weighted by Crippen LogP contribution is 2.08. The number of aryl methyl sites for hydroxylation is 1. The Bertz CT molecular complexity index is 375. The van der Waals surface area contributed by atoms with E-state index >= 15 is 0 Å². The second-order valence-electron chi connectivity index (χ2n) is 4.01. The molecular formula is C14H17NO. The predicted octanol–water partition coefficient (Wildman–Crippen LogP) is 1.67. The molecule has 1 rings (SSSR count). The van der Waals surface area contributed by atoms with Crippen LogP contribution in [-0.4, -0.2) is 30.8 Å². The molecule has 1 aromatic rings. The molecule has 0 radical (unpaired) electrons.